The molecule has 2 amide bonds. The summed E-state index contributed by atoms with van der Waals surface area (Å²) in [5.41, 5.74) is -1.39. The van der Waals surface area contributed by atoms with E-state index in [4.69, 9.17) is 4.74 Å². The fraction of sp³-hybridized carbons (Fsp3) is 0.471. The Balaban J connectivity index is 1.99. The monoisotopic (exact) mass is 372 g/mol. The van der Waals surface area contributed by atoms with E-state index < -0.39 is 41.5 Å². The van der Waals surface area contributed by atoms with Gasteiger partial charge in [-0.1, -0.05) is 12.1 Å². The van der Waals surface area contributed by atoms with Crippen LogP contribution in [-0.2, 0) is 20.5 Å². The van der Waals surface area contributed by atoms with E-state index in [1.54, 1.807) is 6.92 Å². The summed E-state index contributed by atoms with van der Waals surface area (Å²) in [6.07, 6.45) is -5.01. The number of carbonyl (C=O) groups excluding carboxylic acids is 3. The first-order chi connectivity index (χ1) is 12.2. The Kier molecular flexibility index (Phi) is 6.23. The third-order valence-corrected chi connectivity index (χ3v) is 3.98. The van der Waals surface area contributed by atoms with Crippen LogP contribution in [0, 0.1) is 0 Å². The number of esters is 1. The molecule has 0 aromatic heterocycles. The molecule has 1 heterocycles. The van der Waals surface area contributed by atoms with Crippen LogP contribution in [0.15, 0.2) is 24.3 Å². The second-order valence-corrected chi connectivity index (χ2v) is 5.70. The maximum Gasteiger partial charge on any atom is 0.417 e. The third kappa shape index (κ3) is 4.74. The summed E-state index contributed by atoms with van der Waals surface area (Å²) in [7, 11) is 0. The molecule has 1 aromatic rings. The van der Waals surface area contributed by atoms with Crippen molar-refractivity contribution < 1.29 is 32.3 Å². The van der Waals surface area contributed by atoms with Crippen LogP contribution in [-0.4, -0.2) is 60.4 Å². The molecule has 142 valence electrons. The molecule has 0 spiro atoms. The molecule has 1 fully saturated rings. The number of benzene rings is 1. The van der Waals surface area contributed by atoms with Gasteiger partial charge in [0.05, 0.1) is 17.7 Å². The zero-order chi connectivity index (χ0) is 19.3. The summed E-state index contributed by atoms with van der Waals surface area (Å²) < 4.78 is 43.9. The largest absolute Gasteiger partial charge is 0.466 e. The highest BCUT2D eigenvalue weighted by atomic mass is 19.4. The average Bonchev–Trinajstić information content (AvgIpc) is 2.60. The lowest BCUT2D eigenvalue weighted by molar-refractivity contribution is -0.149. The molecule has 26 heavy (non-hydrogen) atoms. The molecule has 0 bridgehead atoms. The van der Waals surface area contributed by atoms with Crippen molar-refractivity contribution in [1.29, 1.82) is 0 Å². The summed E-state index contributed by atoms with van der Waals surface area (Å²) in [6, 6.07) is 4.61. The minimum Gasteiger partial charge on any atom is -0.466 e. The van der Waals surface area contributed by atoms with Crippen LogP contribution >= 0.6 is 0 Å². The summed E-state index contributed by atoms with van der Waals surface area (Å²) in [4.78, 5) is 38.5. The van der Waals surface area contributed by atoms with E-state index in [0.29, 0.717) is 0 Å². The Morgan fingerprint density at radius 3 is 2.19 bits per heavy atom. The van der Waals surface area contributed by atoms with Crippen molar-refractivity contribution in [2.75, 3.05) is 32.8 Å². The lowest BCUT2D eigenvalue weighted by atomic mass is 10.1. The number of ether oxygens (including phenoxy) is 1. The smallest absolute Gasteiger partial charge is 0.417 e. The van der Waals surface area contributed by atoms with Crippen LogP contribution in [0.5, 0.6) is 0 Å². The van der Waals surface area contributed by atoms with Gasteiger partial charge in [0, 0.05) is 26.2 Å². The van der Waals surface area contributed by atoms with Crippen molar-refractivity contribution in [3.05, 3.63) is 35.4 Å². The van der Waals surface area contributed by atoms with Crippen molar-refractivity contribution in [2.45, 2.75) is 19.5 Å². The second kappa shape index (κ2) is 8.20. The van der Waals surface area contributed by atoms with Crippen LogP contribution in [0.2, 0.25) is 0 Å². The molecular formula is C17H19F3N2O4. The van der Waals surface area contributed by atoms with E-state index in [0.717, 1.165) is 12.1 Å². The van der Waals surface area contributed by atoms with E-state index >= 15 is 0 Å². The number of halogens is 3. The maximum atomic E-state index is 13.1. The molecule has 0 unspecified atom stereocenters. The summed E-state index contributed by atoms with van der Waals surface area (Å²) in [6.45, 7) is 2.30. The standard InChI is InChI=1S/C17H19F3N2O4/c1-2-26-15(24)11-14(23)21-7-9-22(10-8-21)16(25)12-5-3-4-6-13(12)17(18,19)20/h3-6H,2,7-11H2,1H3. The summed E-state index contributed by atoms with van der Waals surface area (Å²) in [5, 5.41) is 0. The molecule has 0 aliphatic carbocycles. The van der Waals surface area contributed by atoms with E-state index in [9.17, 15) is 27.6 Å². The van der Waals surface area contributed by atoms with Crippen molar-refractivity contribution in [1.82, 2.24) is 9.80 Å². The summed E-state index contributed by atoms with van der Waals surface area (Å²) >= 11 is 0. The molecule has 1 aliphatic rings. The van der Waals surface area contributed by atoms with Gasteiger partial charge >= 0.3 is 12.1 Å². The van der Waals surface area contributed by atoms with Gasteiger partial charge in [0.1, 0.15) is 6.42 Å². The first-order valence-electron chi connectivity index (χ1n) is 8.13. The predicted octanol–water partition coefficient (Wildman–Crippen LogP) is 1.94. The third-order valence-electron chi connectivity index (χ3n) is 3.98. The molecule has 1 aliphatic heterocycles. The number of nitrogens with zero attached hydrogens (tertiary/aromatic N) is 2. The molecule has 1 aromatic carbocycles. The van der Waals surface area contributed by atoms with E-state index in [2.05, 4.69) is 0 Å². The Labute approximate surface area is 148 Å². The molecular weight excluding hydrogens is 353 g/mol. The lowest BCUT2D eigenvalue weighted by Gasteiger charge is -2.35. The van der Waals surface area contributed by atoms with Crippen LogP contribution in [0.3, 0.4) is 0 Å². The highest BCUT2D eigenvalue weighted by molar-refractivity contribution is 5.96. The fourth-order valence-corrected chi connectivity index (χ4v) is 2.69. The minimum absolute atomic E-state index is 0.0968. The van der Waals surface area contributed by atoms with Gasteiger partial charge in [0.2, 0.25) is 5.91 Å². The van der Waals surface area contributed by atoms with Gasteiger partial charge in [-0.3, -0.25) is 14.4 Å². The van der Waals surface area contributed by atoms with Gasteiger partial charge in [0.25, 0.3) is 5.91 Å². The van der Waals surface area contributed by atoms with Crippen molar-refractivity contribution in [3.8, 4) is 0 Å². The molecule has 0 saturated carbocycles. The highest BCUT2D eigenvalue weighted by Crippen LogP contribution is 2.32. The molecule has 6 nitrogen and oxygen atoms in total. The zero-order valence-corrected chi connectivity index (χ0v) is 14.2. The SMILES string of the molecule is CCOC(=O)CC(=O)N1CCN(C(=O)c2ccccc2C(F)(F)F)CC1. The average molecular weight is 372 g/mol. The summed E-state index contributed by atoms with van der Waals surface area (Å²) in [5.74, 6) is -1.78. The number of piperazine rings is 1. The van der Waals surface area contributed by atoms with Gasteiger partial charge in [0.15, 0.2) is 0 Å². The fourth-order valence-electron chi connectivity index (χ4n) is 2.69. The number of rotatable bonds is 4. The molecule has 9 heteroatoms. The van der Waals surface area contributed by atoms with E-state index in [-0.39, 0.29) is 32.8 Å². The number of hydrogen-bond donors (Lipinski definition) is 0. The quantitative estimate of drug-likeness (QED) is 0.599. The molecule has 0 N–H and O–H groups in total. The zero-order valence-electron chi connectivity index (χ0n) is 14.2. The highest BCUT2D eigenvalue weighted by Gasteiger charge is 2.36. The molecule has 1 saturated heterocycles. The van der Waals surface area contributed by atoms with Crippen LogP contribution in [0.1, 0.15) is 29.3 Å². The normalized spacial score (nSPS) is 14.9. The predicted molar refractivity (Wildman–Crippen MR) is 85.2 cm³/mol. The van der Waals surface area contributed by atoms with Gasteiger partial charge in [-0.25, -0.2) is 0 Å². The molecule has 2 rings (SSSR count). The number of alkyl halides is 3. The van der Waals surface area contributed by atoms with Gasteiger partial charge < -0.3 is 14.5 Å². The number of hydrogen-bond acceptors (Lipinski definition) is 4. The van der Waals surface area contributed by atoms with Crippen LogP contribution in [0.4, 0.5) is 13.2 Å². The number of carbonyl (C=O) groups is 3. The first-order valence-corrected chi connectivity index (χ1v) is 8.13. The van der Waals surface area contributed by atoms with Gasteiger partial charge in [-0.15, -0.1) is 0 Å². The van der Waals surface area contributed by atoms with Crippen molar-refractivity contribution in [3.63, 3.8) is 0 Å². The second-order valence-electron chi connectivity index (χ2n) is 5.70. The number of amides is 2. The molecule has 0 radical (unpaired) electrons. The van der Waals surface area contributed by atoms with Crippen molar-refractivity contribution >= 4 is 17.8 Å². The van der Waals surface area contributed by atoms with Gasteiger partial charge in [-0.2, -0.15) is 13.2 Å². The van der Waals surface area contributed by atoms with Gasteiger partial charge in [-0.05, 0) is 19.1 Å². The van der Waals surface area contributed by atoms with Crippen LogP contribution < -0.4 is 0 Å². The maximum absolute atomic E-state index is 13.1. The Morgan fingerprint density at radius 2 is 1.62 bits per heavy atom. The Bertz CT molecular complexity index is 683. The topological polar surface area (TPSA) is 66.9 Å². The Hall–Kier alpha value is -2.58. The Morgan fingerprint density at radius 1 is 1.04 bits per heavy atom. The minimum atomic E-state index is -4.62. The molecule has 0 atom stereocenters. The van der Waals surface area contributed by atoms with E-state index in [1.165, 1.54) is 21.9 Å². The van der Waals surface area contributed by atoms with Crippen molar-refractivity contribution in [2.24, 2.45) is 0 Å². The first kappa shape index (κ1) is 19.7. The van der Waals surface area contributed by atoms with Crippen LogP contribution in [0.25, 0.3) is 0 Å². The van der Waals surface area contributed by atoms with E-state index in [1.807, 2.05) is 0 Å². The lowest BCUT2D eigenvalue weighted by Crippen LogP contribution is -2.51.